The lowest BCUT2D eigenvalue weighted by Crippen LogP contribution is -1.75. The van der Waals surface area contributed by atoms with Crippen LogP contribution in [0.25, 0.3) is 21.8 Å². The summed E-state index contributed by atoms with van der Waals surface area (Å²) in [5, 5.41) is 11.8. The summed E-state index contributed by atoms with van der Waals surface area (Å²) in [7, 11) is 0. The molecule has 3 rings (SSSR count). The van der Waals surface area contributed by atoms with Gasteiger partial charge in [-0.2, -0.15) is 0 Å². The number of aryl methyl sites for hydroxylation is 1. The van der Waals surface area contributed by atoms with E-state index in [1.807, 2.05) is 25.1 Å². The standard InChI is InChI=1S/C13H11NO/c1-8-6-9(15)7-11-10-4-2-3-5-12(10)14-13(8)11/h2-7,14-15H,1H3. The van der Waals surface area contributed by atoms with Gasteiger partial charge in [-0.1, -0.05) is 18.2 Å². The lowest BCUT2D eigenvalue weighted by molar-refractivity contribution is 0.476. The van der Waals surface area contributed by atoms with E-state index >= 15 is 0 Å². The van der Waals surface area contributed by atoms with Crippen molar-refractivity contribution in [2.75, 3.05) is 0 Å². The highest BCUT2D eigenvalue weighted by Crippen LogP contribution is 2.30. The Bertz CT molecular complexity index is 652. The summed E-state index contributed by atoms with van der Waals surface area (Å²) in [6.07, 6.45) is 0. The lowest BCUT2D eigenvalue weighted by atomic mass is 10.1. The molecule has 0 unspecified atom stereocenters. The first kappa shape index (κ1) is 8.36. The highest BCUT2D eigenvalue weighted by Gasteiger charge is 2.06. The maximum absolute atomic E-state index is 9.58. The fraction of sp³-hybridized carbons (Fsp3) is 0.0769. The van der Waals surface area contributed by atoms with Crippen LogP contribution in [0.5, 0.6) is 5.75 Å². The molecular weight excluding hydrogens is 186 g/mol. The van der Waals surface area contributed by atoms with Gasteiger partial charge in [-0.25, -0.2) is 0 Å². The second kappa shape index (κ2) is 2.76. The average Bonchev–Trinajstić information content (AvgIpc) is 2.57. The number of nitrogens with one attached hydrogen (secondary N) is 1. The minimum atomic E-state index is 0.324. The van der Waals surface area contributed by atoms with Crippen molar-refractivity contribution in [1.29, 1.82) is 0 Å². The van der Waals surface area contributed by atoms with Crippen molar-refractivity contribution in [3.8, 4) is 5.75 Å². The average molecular weight is 197 g/mol. The number of hydrogen-bond acceptors (Lipinski definition) is 1. The van der Waals surface area contributed by atoms with Crippen LogP contribution in [0.1, 0.15) is 5.56 Å². The molecule has 3 aromatic rings. The summed E-state index contributed by atoms with van der Waals surface area (Å²) in [4.78, 5) is 3.36. The largest absolute Gasteiger partial charge is 0.508 e. The van der Waals surface area contributed by atoms with Gasteiger partial charge in [-0.15, -0.1) is 0 Å². The topological polar surface area (TPSA) is 36.0 Å². The van der Waals surface area contributed by atoms with Crippen molar-refractivity contribution in [2.24, 2.45) is 0 Å². The van der Waals surface area contributed by atoms with E-state index in [4.69, 9.17) is 0 Å². The number of para-hydroxylation sites is 1. The van der Waals surface area contributed by atoms with Crippen LogP contribution in [0.15, 0.2) is 36.4 Å². The van der Waals surface area contributed by atoms with E-state index in [0.717, 1.165) is 27.4 Å². The molecule has 74 valence electrons. The molecule has 0 radical (unpaired) electrons. The van der Waals surface area contributed by atoms with E-state index in [2.05, 4.69) is 11.1 Å². The number of phenolic OH excluding ortho intramolecular Hbond substituents is 1. The van der Waals surface area contributed by atoms with E-state index in [1.165, 1.54) is 0 Å². The first-order chi connectivity index (χ1) is 7.25. The van der Waals surface area contributed by atoms with E-state index in [-0.39, 0.29) is 0 Å². The molecule has 0 aliphatic rings. The van der Waals surface area contributed by atoms with Crippen molar-refractivity contribution in [3.63, 3.8) is 0 Å². The van der Waals surface area contributed by atoms with Gasteiger partial charge in [0.2, 0.25) is 0 Å². The molecule has 2 heteroatoms. The highest BCUT2D eigenvalue weighted by atomic mass is 16.3. The molecule has 1 aromatic heterocycles. The smallest absolute Gasteiger partial charge is 0.116 e. The van der Waals surface area contributed by atoms with Crippen molar-refractivity contribution >= 4 is 21.8 Å². The van der Waals surface area contributed by atoms with Gasteiger partial charge >= 0.3 is 0 Å². The Morgan fingerprint density at radius 1 is 1.07 bits per heavy atom. The predicted octanol–water partition coefficient (Wildman–Crippen LogP) is 3.34. The van der Waals surface area contributed by atoms with Gasteiger partial charge in [0.1, 0.15) is 5.75 Å². The van der Waals surface area contributed by atoms with Crippen LogP contribution in [0.2, 0.25) is 0 Å². The Balaban J connectivity index is 2.61. The molecule has 0 aliphatic carbocycles. The summed E-state index contributed by atoms with van der Waals surface area (Å²) >= 11 is 0. The van der Waals surface area contributed by atoms with Gasteiger partial charge in [0.15, 0.2) is 0 Å². The number of aromatic hydroxyl groups is 1. The molecule has 2 N–H and O–H groups in total. The molecule has 1 heterocycles. The molecule has 0 saturated carbocycles. The summed E-state index contributed by atoms with van der Waals surface area (Å²) in [6.45, 7) is 2.00. The molecule has 0 fully saturated rings. The number of fused-ring (bicyclic) bond motifs is 3. The molecule has 15 heavy (non-hydrogen) atoms. The van der Waals surface area contributed by atoms with Crippen LogP contribution in [0.4, 0.5) is 0 Å². The summed E-state index contributed by atoms with van der Waals surface area (Å²) in [6, 6.07) is 11.7. The number of rotatable bonds is 0. The van der Waals surface area contributed by atoms with Crippen LogP contribution >= 0.6 is 0 Å². The maximum atomic E-state index is 9.58. The molecule has 0 spiro atoms. The van der Waals surface area contributed by atoms with Crippen molar-refractivity contribution in [2.45, 2.75) is 6.92 Å². The van der Waals surface area contributed by atoms with Crippen LogP contribution in [-0.2, 0) is 0 Å². The SMILES string of the molecule is Cc1cc(O)cc2c1[nH]c1ccccc12. The van der Waals surface area contributed by atoms with Gasteiger partial charge in [0.25, 0.3) is 0 Å². The van der Waals surface area contributed by atoms with Crippen molar-refractivity contribution < 1.29 is 5.11 Å². The normalized spacial score (nSPS) is 11.3. The van der Waals surface area contributed by atoms with E-state index in [1.54, 1.807) is 12.1 Å². The number of aromatic nitrogens is 1. The summed E-state index contributed by atoms with van der Waals surface area (Å²) in [5.74, 6) is 0.324. The van der Waals surface area contributed by atoms with Gasteiger partial charge < -0.3 is 10.1 Å². The molecule has 2 aromatic carbocycles. The van der Waals surface area contributed by atoms with Crippen LogP contribution in [-0.4, -0.2) is 10.1 Å². The molecular formula is C13H11NO. The maximum Gasteiger partial charge on any atom is 0.116 e. The van der Waals surface area contributed by atoms with E-state index in [9.17, 15) is 5.11 Å². The van der Waals surface area contributed by atoms with E-state index < -0.39 is 0 Å². The Morgan fingerprint density at radius 2 is 1.87 bits per heavy atom. The molecule has 0 amide bonds. The number of aromatic amines is 1. The highest BCUT2D eigenvalue weighted by molar-refractivity contribution is 6.08. The number of phenols is 1. The molecule has 0 bridgehead atoms. The molecule has 2 nitrogen and oxygen atoms in total. The first-order valence-corrected chi connectivity index (χ1v) is 4.96. The fourth-order valence-electron chi connectivity index (χ4n) is 2.11. The number of benzene rings is 2. The lowest BCUT2D eigenvalue weighted by Gasteiger charge is -1.97. The minimum absolute atomic E-state index is 0.324. The fourth-order valence-corrected chi connectivity index (χ4v) is 2.11. The van der Waals surface area contributed by atoms with Gasteiger partial charge in [0.05, 0.1) is 0 Å². The van der Waals surface area contributed by atoms with Crippen LogP contribution in [0.3, 0.4) is 0 Å². The Kier molecular flexibility index (Phi) is 1.54. The van der Waals surface area contributed by atoms with E-state index in [0.29, 0.717) is 5.75 Å². The summed E-state index contributed by atoms with van der Waals surface area (Å²) < 4.78 is 0. The molecule has 0 atom stereocenters. The quantitative estimate of drug-likeness (QED) is 0.569. The zero-order valence-corrected chi connectivity index (χ0v) is 8.41. The zero-order chi connectivity index (χ0) is 10.4. The number of hydrogen-bond donors (Lipinski definition) is 2. The third-order valence-electron chi connectivity index (χ3n) is 2.80. The third-order valence-corrected chi connectivity index (χ3v) is 2.80. The third kappa shape index (κ3) is 1.11. The Labute approximate surface area is 87.2 Å². The Hall–Kier alpha value is -1.96. The zero-order valence-electron chi connectivity index (χ0n) is 8.41. The predicted molar refractivity (Wildman–Crippen MR) is 62.2 cm³/mol. The minimum Gasteiger partial charge on any atom is -0.508 e. The van der Waals surface area contributed by atoms with Gasteiger partial charge in [-0.05, 0) is 30.7 Å². The number of H-pyrrole nitrogens is 1. The summed E-state index contributed by atoms with van der Waals surface area (Å²) in [5.41, 5.74) is 3.29. The van der Waals surface area contributed by atoms with Crippen molar-refractivity contribution in [1.82, 2.24) is 4.98 Å². The molecule has 0 saturated heterocycles. The second-order valence-electron chi connectivity index (χ2n) is 3.86. The monoisotopic (exact) mass is 197 g/mol. The van der Waals surface area contributed by atoms with Crippen LogP contribution in [0, 0.1) is 6.92 Å². The first-order valence-electron chi connectivity index (χ1n) is 4.96. The van der Waals surface area contributed by atoms with Crippen LogP contribution < -0.4 is 0 Å². The van der Waals surface area contributed by atoms with Gasteiger partial charge in [0, 0.05) is 21.8 Å². The molecule has 0 aliphatic heterocycles. The van der Waals surface area contributed by atoms with Crippen molar-refractivity contribution in [3.05, 3.63) is 42.0 Å². The second-order valence-corrected chi connectivity index (χ2v) is 3.86. The Morgan fingerprint density at radius 3 is 2.73 bits per heavy atom. The van der Waals surface area contributed by atoms with Gasteiger partial charge in [-0.3, -0.25) is 0 Å².